The van der Waals surface area contributed by atoms with Crippen molar-refractivity contribution >= 4 is 23.5 Å². The van der Waals surface area contributed by atoms with Crippen molar-refractivity contribution in [1.29, 1.82) is 0 Å². The molecule has 0 saturated heterocycles. The number of nitrogens with two attached hydrogens (primary N) is 1. The number of aliphatic hydroxyl groups is 1. The number of hydrogen-bond acceptors (Lipinski definition) is 6. The molecule has 160 valence electrons. The summed E-state index contributed by atoms with van der Waals surface area (Å²) in [5.41, 5.74) is 4.00. The van der Waals surface area contributed by atoms with Crippen LogP contribution in [0.3, 0.4) is 0 Å². The number of carboxylic acids is 1. The molecule has 0 aromatic carbocycles. The van der Waals surface area contributed by atoms with E-state index in [0.29, 0.717) is 13.2 Å². The van der Waals surface area contributed by atoms with Gasteiger partial charge in [0.1, 0.15) is 10.4 Å². The van der Waals surface area contributed by atoms with Gasteiger partial charge in [0, 0.05) is 6.61 Å². The van der Waals surface area contributed by atoms with Crippen LogP contribution in [0.4, 0.5) is 0 Å². The van der Waals surface area contributed by atoms with E-state index in [2.05, 4.69) is 13.8 Å². The Morgan fingerprint density at radius 1 is 1.00 bits per heavy atom. The second-order valence-electron chi connectivity index (χ2n) is 6.77. The first-order chi connectivity index (χ1) is 11.3. The predicted molar refractivity (Wildman–Crippen MR) is 108 cm³/mol. The van der Waals surface area contributed by atoms with Gasteiger partial charge in [-0.25, -0.2) is 0 Å². The molecule has 0 aliphatic rings. The van der Waals surface area contributed by atoms with Crippen molar-refractivity contribution in [3.8, 4) is 0 Å². The largest absolute Gasteiger partial charge is 0.480 e. The Labute approximate surface area is 164 Å². The first-order valence-corrected chi connectivity index (χ1v) is 9.21. The second kappa shape index (κ2) is 18.9. The van der Waals surface area contributed by atoms with E-state index in [1.165, 1.54) is 20.3 Å². The van der Waals surface area contributed by atoms with Gasteiger partial charge in [0.15, 0.2) is 0 Å². The summed E-state index contributed by atoms with van der Waals surface area (Å²) < 4.78 is 4.94. The van der Waals surface area contributed by atoms with Gasteiger partial charge in [0.05, 0.1) is 6.61 Å². The number of aliphatic hydroxyl groups excluding tert-OH is 1. The Bertz CT molecular complexity index is 335. The molecule has 0 unspecified atom stereocenters. The zero-order chi connectivity index (χ0) is 20.5. The number of ether oxygens (including phenoxy) is 1. The second-order valence-corrected chi connectivity index (χ2v) is 7.72. The summed E-state index contributed by atoms with van der Waals surface area (Å²) in [6, 6.07) is 0. The van der Waals surface area contributed by atoms with Crippen LogP contribution >= 0.6 is 11.6 Å². The third kappa shape index (κ3) is 27.9. The summed E-state index contributed by atoms with van der Waals surface area (Å²) in [6.07, 6.45) is 6.47. The van der Waals surface area contributed by atoms with Crippen LogP contribution in [-0.4, -0.2) is 45.8 Å². The van der Waals surface area contributed by atoms with Gasteiger partial charge in [-0.1, -0.05) is 39.5 Å². The standard InChI is InChI=1S/C9H17ClO2.C5H12O.C4H9NO2.H3N/c1-4-5-6-7-12-8(11)9(2,3)10;1-2-3-4-5-6;1-4(2,5)3(6)7;/h4-7H2,1-3H3;6H,2-5H2,1H3;5H2,1-2H3,(H,6,7);1H3. The molecule has 0 rings (SSSR count). The number of carbonyl (C=O) groups is 2. The number of esters is 1. The maximum atomic E-state index is 11.1. The lowest BCUT2D eigenvalue weighted by Gasteiger charge is -2.13. The molecule has 0 spiro atoms. The van der Waals surface area contributed by atoms with Crippen molar-refractivity contribution < 1.29 is 24.5 Å². The van der Waals surface area contributed by atoms with E-state index in [1.54, 1.807) is 13.8 Å². The third-order valence-corrected chi connectivity index (χ3v) is 2.93. The Morgan fingerprint density at radius 2 is 1.38 bits per heavy atom. The molecule has 0 aromatic heterocycles. The zero-order valence-electron chi connectivity index (χ0n) is 17.4. The summed E-state index contributed by atoms with van der Waals surface area (Å²) in [4.78, 5) is 20.1. The Hall–Kier alpha value is -0.890. The third-order valence-electron chi connectivity index (χ3n) is 2.78. The van der Waals surface area contributed by atoms with E-state index >= 15 is 0 Å². The summed E-state index contributed by atoms with van der Waals surface area (Å²) in [7, 11) is 0. The summed E-state index contributed by atoms with van der Waals surface area (Å²) >= 11 is 5.72. The van der Waals surface area contributed by atoms with Crippen LogP contribution in [0.2, 0.25) is 0 Å². The first-order valence-electron chi connectivity index (χ1n) is 8.83. The average Bonchev–Trinajstić information content (AvgIpc) is 2.48. The molecular formula is C18H41ClN2O5. The smallest absolute Gasteiger partial charge is 0.326 e. The zero-order valence-corrected chi connectivity index (χ0v) is 18.2. The maximum Gasteiger partial charge on any atom is 0.326 e. The van der Waals surface area contributed by atoms with E-state index in [0.717, 1.165) is 32.1 Å². The summed E-state index contributed by atoms with van der Waals surface area (Å²) in [5.74, 6) is -1.31. The summed E-state index contributed by atoms with van der Waals surface area (Å²) in [6.45, 7) is 11.2. The lowest BCUT2D eigenvalue weighted by Crippen LogP contribution is -2.41. The molecule has 0 saturated carbocycles. The topological polar surface area (TPSA) is 145 Å². The normalized spacial score (nSPS) is 10.3. The van der Waals surface area contributed by atoms with Gasteiger partial charge < -0.3 is 26.8 Å². The average molecular weight is 401 g/mol. The fourth-order valence-corrected chi connectivity index (χ4v) is 1.10. The molecule has 0 aromatic rings. The van der Waals surface area contributed by atoms with Crippen LogP contribution < -0.4 is 11.9 Å². The first kappa shape index (κ1) is 32.8. The SMILES string of the molecule is CC(C)(N)C(=O)O.CCCCCO.CCCCCOC(=O)C(C)(C)Cl.N. The number of carbonyl (C=O) groups excluding carboxylic acids is 1. The fourth-order valence-electron chi connectivity index (χ4n) is 1.05. The van der Waals surface area contributed by atoms with Crippen molar-refractivity contribution in [3.63, 3.8) is 0 Å². The van der Waals surface area contributed by atoms with Crippen LogP contribution in [0.5, 0.6) is 0 Å². The van der Waals surface area contributed by atoms with Gasteiger partial charge in [-0.3, -0.25) is 9.59 Å². The molecule has 0 bridgehead atoms. The predicted octanol–water partition coefficient (Wildman–Crippen LogP) is 3.88. The Balaban J connectivity index is -0.000000149. The molecule has 0 aliphatic heterocycles. The summed E-state index contributed by atoms with van der Waals surface area (Å²) in [5, 5.41) is 16.3. The number of carboxylic acid groups (broad SMARTS) is 1. The van der Waals surface area contributed by atoms with Crippen molar-refractivity contribution in [2.45, 2.75) is 90.5 Å². The number of aliphatic carboxylic acids is 1. The van der Waals surface area contributed by atoms with Gasteiger partial charge in [0.2, 0.25) is 0 Å². The molecule has 0 aliphatic carbocycles. The molecular weight excluding hydrogens is 360 g/mol. The Kier molecular flexibility index (Phi) is 23.8. The van der Waals surface area contributed by atoms with Crippen molar-refractivity contribution in [2.24, 2.45) is 5.73 Å². The minimum absolute atomic E-state index is 0. The van der Waals surface area contributed by atoms with Crippen LogP contribution in [0.15, 0.2) is 0 Å². The number of unbranched alkanes of at least 4 members (excludes halogenated alkanes) is 4. The monoisotopic (exact) mass is 400 g/mol. The molecule has 26 heavy (non-hydrogen) atoms. The van der Waals surface area contributed by atoms with Crippen LogP contribution in [-0.2, 0) is 14.3 Å². The van der Waals surface area contributed by atoms with E-state index in [9.17, 15) is 9.59 Å². The number of hydrogen-bond donors (Lipinski definition) is 4. The molecule has 7 N–H and O–H groups in total. The quantitative estimate of drug-likeness (QED) is 0.261. The molecule has 0 atom stereocenters. The molecule has 7 nitrogen and oxygen atoms in total. The number of rotatable bonds is 9. The molecule has 0 radical (unpaired) electrons. The highest BCUT2D eigenvalue weighted by Gasteiger charge is 2.25. The molecule has 0 amide bonds. The van der Waals surface area contributed by atoms with Crippen molar-refractivity contribution in [2.75, 3.05) is 13.2 Å². The fraction of sp³-hybridized carbons (Fsp3) is 0.889. The van der Waals surface area contributed by atoms with E-state index in [-0.39, 0.29) is 12.1 Å². The molecule has 0 fully saturated rings. The molecule has 0 heterocycles. The van der Waals surface area contributed by atoms with Crippen LogP contribution in [0, 0.1) is 0 Å². The van der Waals surface area contributed by atoms with Crippen molar-refractivity contribution in [3.05, 3.63) is 0 Å². The van der Waals surface area contributed by atoms with Gasteiger partial charge in [0.25, 0.3) is 0 Å². The number of alkyl halides is 1. The highest BCUT2D eigenvalue weighted by Crippen LogP contribution is 2.14. The molecule has 8 heteroatoms. The van der Waals surface area contributed by atoms with Gasteiger partial charge in [-0.05, 0) is 40.5 Å². The lowest BCUT2D eigenvalue weighted by atomic mass is 10.1. The highest BCUT2D eigenvalue weighted by molar-refractivity contribution is 6.33. The highest BCUT2D eigenvalue weighted by atomic mass is 35.5. The van der Waals surface area contributed by atoms with Crippen LogP contribution in [0.1, 0.15) is 80.1 Å². The van der Waals surface area contributed by atoms with E-state index in [1.807, 2.05) is 0 Å². The maximum absolute atomic E-state index is 11.1. The van der Waals surface area contributed by atoms with Gasteiger partial charge in [-0.15, -0.1) is 11.6 Å². The Morgan fingerprint density at radius 3 is 1.62 bits per heavy atom. The minimum Gasteiger partial charge on any atom is -0.480 e. The van der Waals surface area contributed by atoms with Crippen molar-refractivity contribution in [1.82, 2.24) is 6.15 Å². The van der Waals surface area contributed by atoms with Gasteiger partial charge in [-0.2, -0.15) is 0 Å². The number of halogens is 1. The minimum atomic E-state index is -1.08. The van der Waals surface area contributed by atoms with Gasteiger partial charge >= 0.3 is 11.9 Å². The lowest BCUT2D eigenvalue weighted by molar-refractivity contribution is -0.146. The van der Waals surface area contributed by atoms with E-state index in [4.69, 9.17) is 32.3 Å². The van der Waals surface area contributed by atoms with E-state index < -0.39 is 16.4 Å². The van der Waals surface area contributed by atoms with Crippen LogP contribution in [0.25, 0.3) is 0 Å².